The first kappa shape index (κ1) is 18.6. The molecule has 0 spiro atoms. The molecule has 0 radical (unpaired) electrons. The summed E-state index contributed by atoms with van der Waals surface area (Å²) in [5.74, 6) is 1.81. The van der Waals surface area contributed by atoms with Gasteiger partial charge in [0, 0.05) is 44.1 Å². The number of anilines is 2. The van der Waals surface area contributed by atoms with Crippen molar-refractivity contribution in [3.05, 3.63) is 48.2 Å². The molecule has 6 heteroatoms. The molecule has 2 fully saturated rings. The summed E-state index contributed by atoms with van der Waals surface area (Å²) in [5.41, 5.74) is 1.86. The lowest BCUT2D eigenvalue weighted by Gasteiger charge is -2.36. The van der Waals surface area contributed by atoms with Crippen LogP contribution in [0.3, 0.4) is 0 Å². The second-order valence-electron chi connectivity index (χ2n) is 7.53. The number of methoxy groups -OCH3 is 1. The van der Waals surface area contributed by atoms with Gasteiger partial charge in [0.05, 0.1) is 12.7 Å². The largest absolute Gasteiger partial charge is 0.497 e. The van der Waals surface area contributed by atoms with Crippen molar-refractivity contribution in [3.8, 4) is 5.75 Å². The number of piperazine rings is 1. The number of nitrogens with zero attached hydrogens (tertiary/aromatic N) is 3. The highest BCUT2D eigenvalue weighted by molar-refractivity contribution is 5.94. The molecular formula is C22H28N4O2. The van der Waals surface area contributed by atoms with Gasteiger partial charge in [0.2, 0.25) is 0 Å². The molecule has 1 saturated carbocycles. The van der Waals surface area contributed by atoms with E-state index < -0.39 is 0 Å². The molecule has 1 amide bonds. The predicted octanol–water partition coefficient (Wildman–Crippen LogP) is 3.09. The quantitative estimate of drug-likeness (QED) is 0.864. The first-order valence-corrected chi connectivity index (χ1v) is 10.1. The Bertz CT molecular complexity index is 777. The van der Waals surface area contributed by atoms with Crippen LogP contribution in [0.25, 0.3) is 0 Å². The Kier molecular flexibility index (Phi) is 5.65. The summed E-state index contributed by atoms with van der Waals surface area (Å²) >= 11 is 0. The molecule has 1 aromatic carbocycles. The first-order chi connectivity index (χ1) is 13.7. The molecular weight excluding hydrogens is 352 g/mol. The van der Waals surface area contributed by atoms with E-state index in [1.807, 2.05) is 24.3 Å². The Morgan fingerprint density at radius 1 is 1.00 bits per heavy atom. The van der Waals surface area contributed by atoms with Crippen LogP contribution in [-0.4, -0.2) is 50.2 Å². The van der Waals surface area contributed by atoms with Crippen LogP contribution in [0.5, 0.6) is 5.75 Å². The number of benzene rings is 1. The molecule has 1 saturated heterocycles. The van der Waals surface area contributed by atoms with Crippen LogP contribution in [0.4, 0.5) is 11.5 Å². The highest BCUT2D eigenvalue weighted by Crippen LogP contribution is 2.22. The third kappa shape index (κ3) is 4.21. The summed E-state index contributed by atoms with van der Waals surface area (Å²) in [6.45, 7) is 3.70. The third-order valence-electron chi connectivity index (χ3n) is 5.74. The summed E-state index contributed by atoms with van der Waals surface area (Å²) in [6.07, 6.45) is 6.32. The van der Waals surface area contributed by atoms with Gasteiger partial charge < -0.3 is 19.9 Å². The van der Waals surface area contributed by atoms with E-state index in [1.54, 1.807) is 13.3 Å². The van der Waals surface area contributed by atoms with E-state index in [9.17, 15) is 4.79 Å². The molecule has 1 aromatic heterocycles. The smallest absolute Gasteiger partial charge is 0.253 e. The maximum absolute atomic E-state index is 12.4. The van der Waals surface area contributed by atoms with Crippen molar-refractivity contribution >= 4 is 17.4 Å². The molecule has 1 aliphatic heterocycles. The lowest BCUT2D eigenvalue weighted by atomic mass is 10.2. The lowest BCUT2D eigenvalue weighted by molar-refractivity contribution is 0.0937. The highest BCUT2D eigenvalue weighted by atomic mass is 16.5. The van der Waals surface area contributed by atoms with Crippen LogP contribution in [-0.2, 0) is 0 Å². The Balaban J connectivity index is 1.32. The number of pyridine rings is 1. The zero-order valence-electron chi connectivity index (χ0n) is 16.4. The Hall–Kier alpha value is -2.76. The molecule has 2 heterocycles. The van der Waals surface area contributed by atoms with Gasteiger partial charge in [0.1, 0.15) is 11.6 Å². The van der Waals surface area contributed by atoms with Crippen molar-refractivity contribution in [2.24, 2.45) is 0 Å². The number of carbonyl (C=O) groups excluding carboxylic acids is 1. The fraction of sp³-hybridized carbons (Fsp3) is 0.455. The van der Waals surface area contributed by atoms with E-state index in [-0.39, 0.29) is 5.91 Å². The van der Waals surface area contributed by atoms with Crippen LogP contribution in [0.1, 0.15) is 36.0 Å². The van der Waals surface area contributed by atoms with Crippen LogP contribution in [0.15, 0.2) is 42.6 Å². The number of rotatable bonds is 5. The van der Waals surface area contributed by atoms with Crippen molar-refractivity contribution in [2.45, 2.75) is 31.7 Å². The van der Waals surface area contributed by atoms with E-state index in [1.165, 1.54) is 18.5 Å². The topological polar surface area (TPSA) is 57.7 Å². The van der Waals surface area contributed by atoms with Gasteiger partial charge in [-0.15, -0.1) is 0 Å². The maximum atomic E-state index is 12.4. The normalized spacial score (nSPS) is 17.6. The number of aromatic nitrogens is 1. The van der Waals surface area contributed by atoms with Crippen molar-refractivity contribution in [1.29, 1.82) is 0 Å². The molecule has 2 aliphatic rings. The van der Waals surface area contributed by atoms with Crippen molar-refractivity contribution in [2.75, 3.05) is 43.1 Å². The van der Waals surface area contributed by atoms with Crippen LogP contribution in [0.2, 0.25) is 0 Å². The standard InChI is InChI=1S/C22H28N4O2/c1-28-20-9-7-19(8-10-20)25-12-14-26(15-13-25)21-11-6-17(16-23-21)22(27)24-18-4-2-3-5-18/h6-11,16,18H,2-5,12-15H2,1H3,(H,24,27). The monoisotopic (exact) mass is 380 g/mol. The molecule has 0 unspecified atom stereocenters. The van der Waals surface area contributed by atoms with Gasteiger partial charge in [-0.1, -0.05) is 12.8 Å². The van der Waals surface area contributed by atoms with E-state index in [2.05, 4.69) is 32.2 Å². The number of ether oxygens (including phenoxy) is 1. The molecule has 6 nitrogen and oxygen atoms in total. The molecule has 0 bridgehead atoms. The van der Waals surface area contributed by atoms with Gasteiger partial charge in [-0.3, -0.25) is 4.79 Å². The predicted molar refractivity (Wildman–Crippen MR) is 111 cm³/mol. The van der Waals surface area contributed by atoms with Crippen molar-refractivity contribution in [1.82, 2.24) is 10.3 Å². The average molecular weight is 380 g/mol. The fourth-order valence-corrected chi connectivity index (χ4v) is 4.03. The zero-order valence-corrected chi connectivity index (χ0v) is 16.4. The zero-order chi connectivity index (χ0) is 19.3. The number of nitrogens with one attached hydrogen (secondary N) is 1. The molecule has 148 valence electrons. The molecule has 1 aliphatic carbocycles. The maximum Gasteiger partial charge on any atom is 0.253 e. The molecule has 2 aromatic rings. The molecule has 28 heavy (non-hydrogen) atoms. The summed E-state index contributed by atoms with van der Waals surface area (Å²) in [5, 5.41) is 3.12. The fourth-order valence-electron chi connectivity index (χ4n) is 4.03. The summed E-state index contributed by atoms with van der Waals surface area (Å²) in [4.78, 5) is 21.6. The van der Waals surface area contributed by atoms with E-state index in [0.717, 1.165) is 50.6 Å². The molecule has 4 rings (SSSR count). The van der Waals surface area contributed by atoms with Crippen LogP contribution < -0.4 is 19.9 Å². The second-order valence-corrected chi connectivity index (χ2v) is 7.53. The number of hydrogen-bond donors (Lipinski definition) is 1. The number of carbonyl (C=O) groups is 1. The summed E-state index contributed by atoms with van der Waals surface area (Å²) in [7, 11) is 1.68. The van der Waals surface area contributed by atoms with Gasteiger partial charge in [0.15, 0.2) is 0 Å². The first-order valence-electron chi connectivity index (χ1n) is 10.1. The van der Waals surface area contributed by atoms with Crippen molar-refractivity contribution < 1.29 is 9.53 Å². The average Bonchev–Trinajstić information content (AvgIpc) is 3.27. The summed E-state index contributed by atoms with van der Waals surface area (Å²) in [6, 6.07) is 12.4. The second kappa shape index (κ2) is 8.50. The van der Waals surface area contributed by atoms with E-state index >= 15 is 0 Å². The number of hydrogen-bond acceptors (Lipinski definition) is 5. The van der Waals surface area contributed by atoms with E-state index in [0.29, 0.717) is 11.6 Å². The Morgan fingerprint density at radius 3 is 2.29 bits per heavy atom. The van der Waals surface area contributed by atoms with Gasteiger partial charge in [-0.2, -0.15) is 0 Å². The van der Waals surface area contributed by atoms with Crippen LogP contribution >= 0.6 is 0 Å². The van der Waals surface area contributed by atoms with Gasteiger partial charge in [-0.05, 0) is 49.2 Å². The van der Waals surface area contributed by atoms with Gasteiger partial charge in [0.25, 0.3) is 5.91 Å². The van der Waals surface area contributed by atoms with Crippen LogP contribution in [0, 0.1) is 0 Å². The Morgan fingerprint density at radius 2 is 1.68 bits per heavy atom. The van der Waals surface area contributed by atoms with Crippen molar-refractivity contribution in [3.63, 3.8) is 0 Å². The minimum absolute atomic E-state index is 0.00437. The van der Waals surface area contributed by atoms with Gasteiger partial charge >= 0.3 is 0 Å². The highest BCUT2D eigenvalue weighted by Gasteiger charge is 2.20. The Labute approximate surface area is 166 Å². The molecule has 1 N–H and O–H groups in total. The van der Waals surface area contributed by atoms with Gasteiger partial charge in [-0.25, -0.2) is 4.98 Å². The lowest BCUT2D eigenvalue weighted by Crippen LogP contribution is -2.46. The SMILES string of the molecule is COc1ccc(N2CCN(c3ccc(C(=O)NC4CCCC4)cn3)CC2)cc1. The number of amides is 1. The molecule has 0 atom stereocenters. The third-order valence-corrected chi connectivity index (χ3v) is 5.74. The summed E-state index contributed by atoms with van der Waals surface area (Å²) < 4.78 is 5.23. The minimum Gasteiger partial charge on any atom is -0.497 e. The minimum atomic E-state index is -0.00437. The van der Waals surface area contributed by atoms with E-state index in [4.69, 9.17) is 4.74 Å².